The monoisotopic (exact) mass is 1580 g/mol. The van der Waals surface area contributed by atoms with Gasteiger partial charge in [-0.15, -0.1) is 0 Å². The molecular formula is C116H70BN5O2. The third-order valence-corrected chi connectivity index (χ3v) is 28.1. The Labute approximate surface area is 715 Å². The molecule has 574 valence electrons. The smallest absolute Gasteiger partial charge is 0.252 e. The standard InChI is InChI=1S/C116H70BN5O2/c1-3-31-73(32-4-1)118-102-55-27-15-43-84(102)86-67-96-106(69-104(86)118)121(98-51-23-11-35-76(98)71-59-61-112-94(63-71)115(92-49-21-29-57-110(92)123-112)88-45-17-7-37-78(88)79-38-8-18-46-89(79)115)108-65-75(120-100-53-25-13-41-82(100)83-42-14-26-54-101(83)120)66-109-114(108)117(96)97-68-87-85-44-16-28-56-103(85)119(74-33-5-2-6-34-74)105(87)70-107(97)122(109)99-52-24-12-36-77(99)72-60-62-113-95(64-72)116(93-50-22-30-58-111(93)124-113)90-47-19-9-39-80(90)81-40-10-20-48-91(81)116/h1-70H. The van der Waals surface area contributed by atoms with Gasteiger partial charge in [-0.05, 0) is 193 Å². The molecule has 0 fully saturated rings. The zero-order valence-electron chi connectivity index (χ0n) is 67.0. The van der Waals surface area contributed by atoms with Gasteiger partial charge in [0, 0.05) is 99.8 Å². The molecule has 7 heterocycles. The minimum atomic E-state index is -0.710. The molecule has 2 spiro atoms. The van der Waals surface area contributed by atoms with Crippen LogP contribution in [0.4, 0.5) is 34.1 Å². The number of hydrogen-bond acceptors (Lipinski definition) is 4. The van der Waals surface area contributed by atoms with Crippen LogP contribution in [0.15, 0.2) is 425 Å². The van der Waals surface area contributed by atoms with Crippen molar-refractivity contribution in [2.24, 2.45) is 0 Å². The second-order valence-electron chi connectivity index (χ2n) is 33.9. The van der Waals surface area contributed by atoms with E-state index >= 15 is 0 Å². The Kier molecular flexibility index (Phi) is 13.8. The van der Waals surface area contributed by atoms with Crippen LogP contribution in [0, 0.1) is 0 Å². The van der Waals surface area contributed by atoms with Crippen LogP contribution in [0.2, 0.25) is 0 Å². The fourth-order valence-electron chi connectivity index (χ4n) is 23.3. The fraction of sp³-hybridized carbons (Fsp3) is 0.0172. The Bertz CT molecular complexity index is 7870. The third-order valence-electron chi connectivity index (χ3n) is 28.1. The van der Waals surface area contributed by atoms with Crippen LogP contribution in [0.3, 0.4) is 0 Å². The summed E-state index contributed by atoms with van der Waals surface area (Å²) in [7, 11) is 0. The van der Waals surface area contributed by atoms with E-state index in [0.29, 0.717) is 0 Å². The summed E-state index contributed by atoms with van der Waals surface area (Å²) < 4.78 is 22.0. The third kappa shape index (κ3) is 8.89. The maximum Gasteiger partial charge on any atom is 0.252 e. The fourth-order valence-corrected chi connectivity index (χ4v) is 23.3. The molecule has 124 heavy (non-hydrogen) atoms. The summed E-state index contributed by atoms with van der Waals surface area (Å²) in [5.41, 5.74) is 37.1. The summed E-state index contributed by atoms with van der Waals surface area (Å²) in [6, 6.07) is 160. The van der Waals surface area contributed by atoms with E-state index in [2.05, 4.69) is 448 Å². The van der Waals surface area contributed by atoms with Crippen molar-refractivity contribution < 1.29 is 9.47 Å². The number of rotatable bonds is 7. The molecule has 0 saturated carbocycles. The van der Waals surface area contributed by atoms with Crippen molar-refractivity contribution in [2.45, 2.75) is 10.8 Å². The molecule has 3 aromatic heterocycles. The van der Waals surface area contributed by atoms with E-state index in [9.17, 15) is 0 Å². The number of anilines is 6. The lowest BCUT2D eigenvalue weighted by atomic mass is 9.33. The molecule has 28 rings (SSSR count). The lowest BCUT2D eigenvalue weighted by Crippen LogP contribution is -2.61. The van der Waals surface area contributed by atoms with Crippen LogP contribution in [0.25, 0.3) is 127 Å². The Hall–Kier alpha value is -16.2. The first-order valence-electron chi connectivity index (χ1n) is 43.0. The Balaban J connectivity index is 0.772. The van der Waals surface area contributed by atoms with E-state index in [1.54, 1.807) is 0 Å². The summed E-state index contributed by atoms with van der Waals surface area (Å²) in [6.07, 6.45) is 0. The van der Waals surface area contributed by atoms with Gasteiger partial charge in [0.25, 0.3) is 6.71 Å². The highest BCUT2D eigenvalue weighted by Gasteiger charge is 2.54. The average molecular weight is 1580 g/mol. The van der Waals surface area contributed by atoms with E-state index in [1.807, 2.05) is 0 Å². The molecule has 7 nitrogen and oxygen atoms in total. The highest BCUT2D eigenvalue weighted by molar-refractivity contribution is 7.00. The zero-order chi connectivity index (χ0) is 80.8. The molecule has 6 aliphatic rings. The first-order chi connectivity index (χ1) is 61.5. The molecule has 8 heteroatoms. The van der Waals surface area contributed by atoms with Crippen LogP contribution in [-0.2, 0) is 10.8 Å². The SMILES string of the molecule is c1ccc(-n2c3ccccc3c3cc4c(cc32)N(c2ccccc2-c2ccc3c(c2)C2(c5ccccc5O3)c3ccccc3-c3ccccc32)c2cc(-n3c5ccccc5c5ccccc53)cc3c2B4c2cc4c5ccccc5n(-c5ccccc5)c4cc2N3c2ccccc2-c2ccc3c(c2)C2(c4ccccc4O3)c3ccccc3-c3ccccc32)cc1. The minimum absolute atomic E-state index is 0.354. The topological polar surface area (TPSA) is 39.7 Å². The highest BCUT2D eigenvalue weighted by atomic mass is 16.5. The molecular weight excluding hydrogens is 1510 g/mol. The predicted octanol–water partition coefficient (Wildman–Crippen LogP) is 27.3. The lowest BCUT2D eigenvalue weighted by Gasteiger charge is -2.45. The second-order valence-corrected chi connectivity index (χ2v) is 33.9. The van der Waals surface area contributed by atoms with Gasteiger partial charge in [0.15, 0.2) is 0 Å². The molecule has 4 aliphatic heterocycles. The van der Waals surface area contributed by atoms with Crippen LogP contribution in [0.5, 0.6) is 23.0 Å². The molecule has 2 aliphatic carbocycles. The lowest BCUT2D eigenvalue weighted by molar-refractivity contribution is 0.436. The van der Waals surface area contributed by atoms with Crippen molar-refractivity contribution in [3.8, 4) is 84.6 Å². The number of fused-ring (bicyclic) bond motifs is 31. The van der Waals surface area contributed by atoms with Crippen molar-refractivity contribution in [3.05, 3.63) is 469 Å². The van der Waals surface area contributed by atoms with Crippen molar-refractivity contribution in [2.75, 3.05) is 9.80 Å². The zero-order valence-corrected chi connectivity index (χ0v) is 67.0. The molecule has 19 aromatic carbocycles. The average Bonchev–Trinajstić information content (AvgIpc) is 1.42. The number of ether oxygens (including phenoxy) is 2. The van der Waals surface area contributed by atoms with Crippen LogP contribution in [-0.4, -0.2) is 20.4 Å². The van der Waals surface area contributed by atoms with Gasteiger partial charge in [-0.25, -0.2) is 0 Å². The first kappa shape index (κ1) is 67.7. The van der Waals surface area contributed by atoms with Crippen molar-refractivity contribution in [1.29, 1.82) is 0 Å². The summed E-state index contributed by atoms with van der Waals surface area (Å²) in [4.78, 5) is 5.36. The molecule has 0 unspecified atom stereocenters. The number of hydrogen-bond donors (Lipinski definition) is 0. The Morgan fingerprint density at radius 1 is 0.194 bits per heavy atom. The van der Waals surface area contributed by atoms with Gasteiger partial charge in [-0.3, -0.25) is 0 Å². The van der Waals surface area contributed by atoms with Crippen molar-refractivity contribution in [1.82, 2.24) is 13.7 Å². The van der Waals surface area contributed by atoms with Crippen LogP contribution in [0.1, 0.15) is 44.5 Å². The van der Waals surface area contributed by atoms with Gasteiger partial charge in [-0.1, -0.05) is 303 Å². The summed E-state index contributed by atoms with van der Waals surface area (Å²) in [6.45, 7) is -0.354. The van der Waals surface area contributed by atoms with Crippen LogP contribution >= 0.6 is 0 Å². The summed E-state index contributed by atoms with van der Waals surface area (Å²) in [5, 5.41) is 7.09. The minimum Gasteiger partial charge on any atom is -0.457 e. The second kappa shape index (κ2) is 25.2. The largest absolute Gasteiger partial charge is 0.457 e. The summed E-state index contributed by atoms with van der Waals surface area (Å²) in [5.74, 6) is 3.40. The van der Waals surface area contributed by atoms with E-state index in [4.69, 9.17) is 9.47 Å². The molecule has 0 atom stereocenters. The summed E-state index contributed by atoms with van der Waals surface area (Å²) >= 11 is 0. The van der Waals surface area contributed by atoms with E-state index in [-0.39, 0.29) is 6.71 Å². The van der Waals surface area contributed by atoms with Gasteiger partial charge in [0.2, 0.25) is 0 Å². The molecule has 0 radical (unpaired) electrons. The van der Waals surface area contributed by atoms with Crippen molar-refractivity contribution >= 4 is 123 Å². The molecule has 0 saturated heterocycles. The quantitative estimate of drug-likeness (QED) is 0.149. The predicted molar refractivity (Wildman–Crippen MR) is 509 cm³/mol. The van der Waals surface area contributed by atoms with Crippen LogP contribution < -0.4 is 35.7 Å². The molecule has 0 N–H and O–H groups in total. The number of benzene rings is 19. The highest BCUT2D eigenvalue weighted by Crippen LogP contribution is 2.66. The normalized spacial score (nSPS) is 14.0. The molecule has 0 amide bonds. The number of aromatic nitrogens is 3. The maximum absolute atomic E-state index is 7.24. The number of nitrogens with zero attached hydrogens (tertiary/aromatic N) is 5. The van der Waals surface area contributed by atoms with Gasteiger partial charge in [0.05, 0.1) is 61.0 Å². The van der Waals surface area contributed by atoms with Gasteiger partial charge >= 0.3 is 0 Å². The van der Waals surface area contributed by atoms with E-state index in [0.717, 1.165) is 152 Å². The maximum atomic E-state index is 7.24. The number of para-hydroxylation sites is 10. The Morgan fingerprint density at radius 2 is 0.500 bits per heavy atom. The Morgan fingerprint density at radius 3 is 0.895 bits per heavy atom. The van der Waals surface area contributed by atoms with E-state index < -0.39 is 10.8 Å². The van der Waals surface area contributed by atoms with Gasteiger partial charge < -0.3 is 33.0 Å². The van der Waals surface area contributed by atoms with E-state index in [1.165, 1.54) is 93.2 Å². The van der Waals surface area contributed by atoms with Gasteiger partial charge in [0.1, 0.15) is 23.0 Å². The van der Waals surface area contributed by atoms with Gasteiger partial charge in [-0.2, -0.15) is 0 Å². The molecule has 22 aromatic rings. The first-order valence-corrected chi connectivity index (χ1v) is 43.0. The van der Waals surface area contributed by atoms with Crippen molar-refractivity contribution in [3.63, 3.8) is 0 Å². The molecule has 0 bridgehead atoms.